The monoisotopic (exact) mass is 858 g/mol. The molecule has 9 heteroatoms. The number of quaternary nitrogens is 1. The Morgan fingerprint density at radius 2 is 0.898 bits per heavy atom. The number of unbranched alkanes of at least 4 members (excludes halogenated alkanes) is 34. The maximum atomic E-state index is 12.9. The van der Waals surface area contributed by atoms with Gasteiger partial charge in [0.05, 0.1) is 39.9 Å². The van der Waals surface area contributed by atoms with E-state index >= 15 is 0 Å². The van der Waals surface area contributed by atoms with Gasteiger partial charge >= 0.3 is 7.82 Å². The summed E-state index contributed by atoms with van der Waals surface area (Å²) in [4.78, 5) is 23.2. The maximum absolute atomic E-state index is 12.9. The van der Waals surface area contributed by atoms with Crippen LogP contribution in [0.1, 0.15) is 251 Å². The summed E-state index contributed by atoms with van der Waals surface area (Å²) >= 11 is 0. The predicted octanol–water partition coefficient (Wildman–Crippen LogP) is 14.7. The van der Waals surface area contributed by atoms with Crippen molar-refractivity contribution in [2.45, 2.75) is 264 Å². The number of aliphatic hydroxyl groups is 1. The third-order valence-electron chi connectivity index (χ3n) is 11.8. The van der Waals surface area contributed by atoms with Crippen LogP contribution >= 0.6 is 7.82 Å². The van der Waals surface area contributed by atoms with Gasteiger partial charge < -0.3 is 19.8 Å². The quantitative estimate of drug-likeness (QED) is 0.0244. The zero-order valence-electron chi connectivity index (χ0n) is 40.0. The minimum Gasteiger partial charge on any atom is -0.387 e. The van der Waals surface area contributed by atoms with Gasteiger partial charge in [0.1, 0.15) is 13.2 Å². The number of amides is 1. The molecule has 0 radical (unpaired) electrons. The van der Waals surface area contributed by atoms with E-state index in [1.165, 1.54) is 199 Å². The van der Waals surface area contributed by atoms with Crippen molar-refractivity contribution in [3.63, 3.8) is 0 Å². The molecule has 0 aromatic heterocycles. The molecule has 0 fully saturated rings. The lowest BCUT2D eigenvalue weighted by atomic mass is 10.0. The highest BCUT2D eigenvalue weighted by Gasteiger charge is 2.27. The zero-order chi connectivity index (χ0) is 43.6. The van der Waals surface area contributed by atoms with Gasteiger partial charge in [-0.15, -0.1) is 0 Å². The Bertz CT molecular complexity index is 974. The van der Waals surface area contributed by atoms with Crippen molar-refractivity contribution in [1.29, 1.82) is 0 Å². The van der Waals surface area contributed by atoms with E-state index in [0.29, 0.717) is 17.4 Å². The SMILES string of the molecule is CCCCCCCCCCCCCCCCCCCC/C=C/C(O)C(COP(=O)(O)OCC[N+](C)(C)C)NC(=O)CCCCCCCCCCCCCCCCCCC. The number of nitrogens with one attached hydrogen (secondary N) is 1. The van der Waals surface area contributed by atoms with Gasteiger partial charge in [-0.25, -0.2) is 4.57 Å². The molecule has 0 aliphatic heterocycles. The van der Waals surface area contributed by atoms with Crippen LogP contribution in [0.15, 0.2) is 12.2 Å². The maximum Gasteiger partial charge on any atom is 0.472 e. The van der Waals surface area contributed by atoms with Gasteiger partial charge in [0, 0.05) is 6.42 Å². The second-order valence-corrected chi connectivity index (χ2v) is 20.4. The lowest BCUT2D eigenvalue weighted by molar-refractivity contribution is -0.870. The van der Waals surface area contributed by atoms with Crippen LogP contribution in [-0.4, -0.2) is 73.4 Å². The van der Waals surface area contributed by atoms with E-state index in [1.807, 2.05) is 27.2 Å². The second kappa shape index (κ2) is 42.5. The number of hydrogen-bond donors (Lipinski definition) is 3. The number of carbonyl (C=O) groups excluding carboxylic acids is 1. The molecular formula is C50H102N2O6P+. The highest BCUT2D eigenvalue weighted by Crippen LogP contribution is 2.43. The average molecular weight is 858 g/mol. The molecule has 352 valence electrons. The fourth-order valence-corrected chi connectivity index (χ4v) is 8.43. The molecule has 0 aromatic carbocycles. The van der Waals surface area contributed by atoms with Crippen molar-refractivity contribution < 1.29 is 32.9 Å². The first kappa shape index (κ1) is 58.2. The topological polar surface area (TPSA) is 105 Å². The van der Waals surface area contributed by atoms with Crippen LogP contribution in [0.3, 0.4) is 0 Å². The number of allylic oxidation sites excluding steroid dienone is 1. The molecule has 0 saturated carbocycles. The van der Waals surface area contributed by atoms with Crippen molar-refractivity contribution in [3.05, 3.63) is 12.2 Å². The van der Waals surface area contributed by atoms with Crippen LogP contribution in [0.2, 0.25) is 0 Å². The van der Waals surface area contributed by atoms with Crippen molar-refractivity contribution in [1.82, 2.24) is 5.32 Å². The highest BCUT2D eigenvalue weighted by atomic mass is 31.2. The number of aliphatic hydroxyl groups excluding tert-OH is 1. The number of hydrogen-bond acceptors (Lipinski definition) is 5. The average Bonchev–Trinajstić information content (AvgIpc) is 3.19. The highest BCUT2D eigenvalue weighted by molar-refractivity contribution is 7.47. The van der Waals surface area contributed by atoms with Gasteiger partial charge in [-0.2, -0.15) is 0 Å². The first-order valence-electron chi connectivity index (χ1n) is 25.6. The molecule has 3 atom stereocenters. The van der Waals surface area contributed by atoms with Crippen molar-refractivity contribution in [2.75, 3.05) is 40.9 Å². The third kappa shape index (κ3) is 45.1. The Morgan fingerprint density at radius 3 is 1.25 bits per heavy atom. The number of phosphoric acid groups is 1. The minimum absolute atomic E-state index is 0.0649. The van der Waals surface area contributed by atoms with Gasteiger partial charge in [0.25, 0.3) is 0 Å². The van der Waals surface area contributed by atoms with E-state index < -0.39 is 20.0 Å². The fourth-order valence-electron chi connectivity index (χ4n) is 7.69. The Balaban J connectivity index is 4.29. The Kier molecular flexibility index (Phi) is 42.0. The van der Waals surface area contributed by atoms with Gasteiger partial charge in [0.15, 0.2) is 0 Å². The van der Waals surface area contributed by atoms with Crippen LogP contribution in [0.4, 0.5) is 0 Å². The molecule has 0 aromatic rings. The number of nitrogens with zero attached hydrogens (tertiary/aromatic N) is 1. The van der Waals surface area contributed by atoms with Crippen LogP contribution in [0.25, 0.3) is 0 Å². The molecule has 0 rings (SSSR count). The van der Waals surface area contributed by atoms with E-state index in [2.05, 4.69) is 19.2 Å². The normalized spacial score (nSPS) is 14.2. The first-order chi connectivity index (χ1) is 28.5. The van der Waals surface area contributed by atoms with Crippen molar-refractivity contribution >= 4 is 13.7 Å². The van der Waals surface area contributed by atoms with Gasteiger partial charge in [-0.3, -0.25) is 13.8 Å². The van der Waals surface area contributed by atoms with Crippen molar-refractivity contribution in [2.24, 2.45) is 0 Å². The summed E-state index contributed by atoms with van der Waals surface area (Å²) in [6.45, 7) is 4.85. The largest absolute Gasteiger partial charge is 0.472 e. The summed E-state index contributed by atoms with van der Waals surface area (Å²) in [5.41, 5.74) is 0. The Labute approximate surface area is 367 Å². The standard InChI is InChI=1S/C50H101N2O6P/c1-6-8-10-12-14-16-18-20-22-24-25-26-28-29-31-33-35-37-39-41-43-49(53)48(47-58-59(55,56)57-46-45-52(3,4)5)51-50(54)44-42-40-38-36-34-32-30-27-23-21-19-17-15-13-11-9-7-2/h41,43,48-49,53H,6-40,42,44-47H2,1-5H3,(H-,51,54,55,56)/p+1/b43-41+. The lowest BCUT2D eigenvalue weighted by Crippen LogP contribution is -2.45. The Morgan fingerprint density at radius 1 is 0.559 bits per heavy atom. The summed E-state index contributed by atoms with van der Waals surface area (Å²) < 4.78 is 23.6. The third-order valence-corrected chi connectivity index (χ3v) is 12.7. The molecule has 0 aliphatic rings. The predicted molar refractivity (Wildman–Crippen MR) is 254 cm³/mol. The molecule has 0 heterocycles. The number of phosphoric ester groups is 1. The summed E-state index contributed by atoms with van der Waals surface area (Å²) in [7, 11) is 1.59. The number of likely N-dealkylation sites (N-methyl/N-ethyl adjacent to an activating group) is 1. The van der Waals surface area contributed by atoms with Crippen molar-refractivity contribution in [3.8, 4) is 0 Å². The lowest BCUT2D eigenvalue weighted by Gasteiger charge is -2.25. The molecule has 59 heavy (non-hydrogen) atoms. The first-order valence-corrected chi connectivity index (χ1v) is 27.1. The van der Waals surface area contributed by atoms with E-state index in [-0.39, 0.29) is 19.1 Å². The summed E-state index contributed by atoms with van der Waals surface area (Å²) in [6, 6.07) is -0.840. The number of carbonyl (C=O) groups is 1. The number of rotatable bonds is 47. The van der Waals surface area contributed by atoms with Crippen LogP contribution in [0.5, 0.6) is 0 Å². The molecule has 3 unspecified atom stereocenters. The molecule has 0 spiro atoms. The summed E-state index contributed by atoms with van der Waals surface area (Å²) in [6.07, 6.45) is 50.0. The molecular weight excluding hydrogens is 756 g/mol. The van der Waals surface area contributed by atoms with Crippen LogP contribution < -0.4 is 5.32 Å². The summed E-state index contributed by atoms with van der Waals surface area (Å²) in [5, 5.41) is 13.9. The zero-order valence-corrected chi connectivity index (χ0v) is 40.9. The fraction of sp³-hybridized carbons (Fsp3) is 0.940. The van der Waals surface area contributed by atoms with Crippen LogP contribution in [-0.2, 0) is 18.4 Å². The molecule has 3 N–H and O–H groups in total. The Hall–Kier alpha value is -0.760. The molecule has 0 bridgehead atoms. The molecule has 0 saturated heterocycles. The molecule has 0 aliphatic carbocycles. The van der Waals surface area contributed by atoms with Gasteiger partial charge in [0.2, 0.25) is 5.91 Å². The van der Waals surface area contributed by atoms with E-state index in [9.17, 15) is 19.4 Å². The second-order valence-electron chi connectivity index (χ2n) is 18.9. The summed E-state index contributed by atoms with van der Waals surface area (Å²) in [5.74, 6) is -0.172. The van der Waals surface area contributed by atoms with Crippen LogP contribution in [0, 0.1) is 0 Å². The molecule has 1 amide bonds. The van der Waals surface area contributed by atoms with E-state index in [1.54, 1.807) is 6.08 Å². The smallest absolute Gasteiger partial charge is 0.387 e. The van der Waals surface area contributed by atoms with Gasteiger partial charge in [-0.05, 0) is 19.3 Å². The minimum atomic E-state index is -4.34. The van der Waals surface area contributed by atoms with E-state index in [4.69, 9.17) is 9.05 Å². The molecule has 8 nitrogen and oxygen atoms in total. The van der Waals surface area contributed by atoms with Gasteiger partial charge in [-0.1, -0.05) is 238 Å². The van der Waals surface area contributed by atoms with E-state index in [0.717, 1.165) is 32.1 Å².